The van der Waals surface area contributed by atoms with E-state index in [0.717, 1.165) is 12.1 Å². The molecule has 186 valence electrons. The molecule has 0 saturated carbocycles. The van der Waals surface area contributed by atoms with Crippen LogP contribution in [0.15, 0.2) is 36.4 Å². The molecular weight excluding hydrogens is 461 g/mol. The Balaban J connectivity index is 1.66. The maximum Gasteiger partial charge on any atom is 0.416 e. The van der Waals surface area contributed by atoms with E-state index < -0.39 is 17.8 Å². The maximum absolute atomic E-state index is 13.2. The van der Waals surface area contributed by atoms with Crippen LogP contribution in [-0.4, -0.2) is 47.1 Å². The molecule has 1 fully saturated rings. The summed E-state index contributed by atoms with van der Waals surface area (Å²) in [5, 5.41) is 3.88. The lowest BCUT2D eigenvalue weighted by molar-refractivity contribution is -0.137. The molecule has 4 rings (SSSR count). The number of alkyl halides is 3. The number of carbonyl (C=O) groups excluding carboxylic acids is 1. The van der Waals surface area contributed by atoms with Crippen molar-refractivity contribution < 1.29 is 27.4 Å². The number of halogens is 3. The fraction of sp³-hybridized carbons (Fsp3) is 0.400. The van der Waals surface area contributed by atoms with Gasteiger partial charge in [0.05, 0.1) is 24.7 Å². The van der Waals surface area contributed by atoms with Gasteiger partial charge in [-0.05, 0) is 37.6 Å². The zero-order valence-electron chi connectivity index (χ0n) is 19.9. The normalized spacial score (nSPS) is 16.9. The Morgan fingerprint density at radius 2 is 1.97 bits per heavy atom. The van der Waals surface area contributed by atoms with Gasteiger partial charge in [0.15, 0.2) is 11.5 Å². The van der Waals surface area contributed by atoms with Gasteiger partial charge < -0.3 is 19.7 Å². The predicted octanol–water partition coefficient (Wildman–Crippen LogP) is 5.14. The Morgan fingerprint density at radius 1 is 1.20 bits per heavy atom. The van der Waals surface area contributed by atoms with Gasteiger partial charge in [-0.1, -0.05) is 12.1 Å². The molecule has 7 nitrogen and oxygen atoms in total. The summed E-state index contributed by atoms with van der Waals surface area (Å²) in [5.74, 6) is 1.95. The van der Waals surface area contributed by atoms with Crippen molar-refractivity contribution in [2.24, 2.45) is 0 Å². The van der Waals surface area contributed by atoms with Gasteiger partial charge in [-0.25, -0.2) is 9.97 Å². The minimum Gasteiger partial charge on any atom is -0.493 e. The monoisotopic (exact) mass is 488 g/mol. The summed E-state index contributed by atoms with van der Waals surface area (Å²) in [6.45, 7) is 6.15. The fourth-order valence-corrected chi connectivity index (χ4v) is 4.18. The molecule has 0 bridgehead atoms. The number of nitrogens with zero attached hydrogens (tertiary/aromatic N) is 3. The molecule has 2 atom stereocenters. The van der Waals surface area contributed by atoms with Crippen LogP contribution in [0.1, 0.15) is 43.3 Å². The summed E-state index contributed by atoms with van der Waals surface area (Å²) < 4.78 is 51.3. The first kappa shape index (κ1) is 24.6. The Hall–Kier alpha value is -3.56. The third-order valence-corrected chi connectivity index (χ3v) is 6.04. The Labute approximate surface area is 201 Å². The lowest BCUT2D eigenvalue weighted by Crippen LogP contribution is -2.28. The number of aryl methyl sites for hydroxylation is 1. The van der Waals surface area contributed by atoms with Crippen LogP contribution in [-0.2, 0) is 11.0 Å². The van der Waals surface area contributed by atoms with Gasteiger partial charge in [-0.15, -0.1) is 0 Å². The number of hydrogen-bond acceptors (Lipinski definition) is 6. The average molecular weight is 489 g/mol. The second kappa shape index (κ2) is 9.59. The van der Waals surface area contributed by atoms with Crippen LogP contribution in [0, 0.1) is 6.92 Å². The van der Waals surface area contributed by atoms with Crippen LogP contribution in [0.2, 0.25) is 0 Å². The number of benzene rings is 2. The number of ether oxygens (including phenoxy) is 2. The van der Waals surface area contributed by atoms with E-state index in [-0.39, 0.29) is 12.0 Å². The topological polar surface area (TPSA) is 76.6 Å². The summed E-state index contributed by atoms with van der Waals surface area (Å²) in [6, 6.07) is 8.27. The number of aromatic nitrogens is 2. The lowest BCUT2D eigenvalue weighted by atomic mass is 10.0. The third kappa shape index (κ3) is 5.41. The Bertz CT molecular complexity index is 1250. The zero-order valence-corrected chi connectivity index (χ0v) is 19.9. The van der Waals surface area contributed by atoms with Crippen molar-refractivity contribution in [1.82, 2.24) is 14.9 Å². The zero-order chi connectivity index (χ0) is 25.3. The highest BCUT2D eigenvalue weighted by Crippen LogP contribution is 2.37. The standard InChI is InChI=1S/C25H27F3N4O3/c1-14(17-6-5-7-18(10-17)25(26,27)28)29-24-20-11-23(35-19-8-9-32(13-19)16(3)33)22(34-4)12-21(20)30-15(2)31-24/h5-7,10-12,14,19H,8-9,13H2,1-4H3,(H,29,30,31)/t14-,19-/m0/s1. The van der Waals surface area contributed by atoms with Crippen LogP contribution < -0.4 is 14.8 Å². The molecule has 0 aliphatic carbocycles. The van der Waals surface area contributed by atoms with E-state index in [0.29, 0.717) is 59.1 Å². The van der Waals surface area contributed by atoms with Crippen molar-refractivity contribution in [3.63, 3.8) is 0 Å². The summed E-state index contributed by atoms with van der Waals surface area (Å²) in [6.07, 6.45) is -3.91. The number of methoxy groups -OCH3 is 1. The van der Waals surface area contributed by atoms with E-state index >= 15 is 0 Å². The minimum absolute atomic E-state index is 0.000480. The molecule has 2 heterocycles. The van der Waals surface area contributed by atoms with Gasteiger partial charge in [0.2, 0.25) is 5.91 Å². The van der Waals surface area contributed by atoms with Crippen LogP contribution in [0.5, 0.6) is 11.5 Å². The highest BCUT2D eigenvalue weighted by Gasteiger charge is 2.31. The van der Waals surface area contributed by atoms with Crippen molar-refractivity contribution >= 4 is 22.6 Å². The molecule has 0 unspecified atom stereocenters. The number of likely N-dealkylation sites (tertiary alicyclic amines) is 1. The molecule has 2 aromatic carbocycles. The number of amides is 1. The third-order valence-electron chi connectivity index (χ3n) is 6.04. The summed E-state index contributed by atoms with van der Waals surface area (Å²) in [7, 11) is 1.54. The largest absolute Gasteiger partial charge is 0.493 e. The lowest BCUT2D eigenvalue weighted by Gasteiger charge is -2.20. The molecule has 1 aliphatic heterocycles. The van der Waals surface area contributed by atoms with E-state index in [4.69, 9.17) is 9.47 Å². The van der Waals surface area contributed by atoms with Crippen LogP contribution >= 0.6 is 0 Å². The molecule has 1 amide bonds. The second-order valence-electron chi connectivity index (χ2n) is 8.62. The second-order valence-corrected chi connectivity index (χ2v) is 8.62. The highest BCUT2D eigenvalue weighted by atomic mass is 19.4. The van der Waals surface area contributed by atoms with E-state index in [1.165, 1.54) is 20.1 Å². The molecule has 1 saturated heterocycles. The van der Waals surface area contributed by atoms with Crippen molar-refractivity contribution in [3.05, 3.63) is 53.3 Å². The van der Waals surface area contributed by atoms with E-state index in [1.54, 1.807) is 36.9 Å². The number of hydrogen-bond donors (Lipinski definition) is 1. The van der Waals surface area contributed by atoms with Gasteiger partial charge in [0.1, 0.15) is 17.7 Å². The summed E-state index contributed by atoms with van der Waals surface area (Å²) in [5.41, 5.74) is 0.380. The van der Waals surface area contributed by atoms with Gasteiger partial charge in [-0.3, -0.25) is 4.79 Å². The predicted molar refractivity (Wildman–Crippen MR) is 126 cm³/mol. The molecule has 0 spiro atoms. The molecule has 1 aliphatic rings. The highest BCUT2D eigenvalue weighted by molar-refractivity contribution is 5.92. The summed E-state index contributed by atoms with van der Waals surface area (Å²) in [4.78, 5) is 22.4. The Morgan fingerprint density at radius 3 is 2.63 bits per heavy atom. The Kier molecular flexibility index (Phi) is 6.73. The molecule has 0 radical (unpaired) electrons. The van der Waals surface area contributed by atoms with Gasteiger partial charge >= 0.3 is 6.18 Å². The van der Waals surface area contributed by atoms with Crippen LogP contribution in [0.4, 0.5) is 19.0 Å². The number of anilines is 1. The molecule has 35 heavy (non-hydrogen) atoms. The smallest absolute Gasteiger partial charge is 0.416 e. The SMILES string of the molecule is COc1cc2nc(C)nc(N[C@@H](C)c3cccc(C(F)(F)F)c3)c2cc1O[C@H]1CCN(C(C)=O)C1. The van der Waals surface area contributed by atoms with Gasteiger partial charge in [-0.2, -0.15) is 13.2 Å². The first-order valence-corrected chi connectivity index (χ1v) is 11.3. The van der Waals surface area contributed by atoms with Crippen molar-refractivity contribution in [3.8, 4) is 11.5 Å². The fourth-order valence-electron chi connectivity index (χ4n) is 4.18. The van der Waals surface area contributed by atoms with Crippen LogP contribution in [0.3, 0.4) is 0 Å². The van der Waals surface area contributed by atoms with Crippen LogP contribution in [0.25, 0.3) is 10.9 Å². The van der Waals surface area contributed by atoms with Crippen molar-refractivity contribution in [2.45, 2.75) is 45.5 Å². The number of rotatable bonds is 6. The van der Waals surface area contributed by atoms with E-state index in [2.05, 4.69) is 15.3 Å². The van der Waals surface area contributed by atoms with Gasteiger partial charge in [0.25, 0.3) is 0 Å². The average Bonchev–Trinajstić information content (AvgIpc) is 3.27. The maximum atomic E-state index is 13.2. The number of fused-ring (bicyclic) bond motifs is 1. The number of nitrogens with one attached hydrogen (secondary N) is 1. The van der Waals surface area contributed by atoms with Crippen molar-refractivity contribution in [1.29, 1.82) is 0 Å². The van der Waals surface area contributed by atoms with E-state index in [9.17, 15) is 18.0 Å². The van der Waals surface area contributed by atoms with Crippen molar-refractivity contribution in [2.75, 3.05) is 25.5 Å². The molecule has 10 heteroatoms. The summed E-state index contributed by atoms with van der Waals surface area (Å²) >= 11 is 0. The first-order valence-electron chi connectivity index (χ1n) is 11.3. The first-order chi connectivity index (χ1) is 16.5. The van der Waals surface area contributed by atoms with E-state index in [1.807, 2.05) is 0 Å². The number of carbonyl (C=O) groups is 1. The minimum atomic E-state index is -4.42. The molecule has 1 aromatic heterocycles. The quantitative estimate of drug-likeness (QED) is 0.518. The molecule has 3 aromatic rings. The van der Waals surface area contributed by atoms with Gasteiger partial charge in [0, 0.05) is 37.4 Å². The molecule has 1 N–H and O–H groups in total. The molecular formula is C25H27F3N4O3.